The summed E-state index contributed by atoms with van der Waals surface area (Å²) in [6, 6.07) is 0. The van der Waals surface area contributed by atoms with Crippen molar-refractivity contribution in [3.05, 3.63) is 0 Å². The summed E-state index contributed by atoms with van der Waals surface area (Å²) in [5, 5.41) is 0. The molecule has 1 rings (SSSR count). The summed E-state index contributed by atoms with van der Waals surface area (Å²) in [4.78, 5) is 0. The lowest BCUT2D eigenvalue weighted by atomic mass is 10.1. The lowest BCUT2D eigenvalue weighted by molar-refractivity contribution is 0.335. The molecule has 1 atom stereocenters. The summed E-state index contributed by atoms with van der Waals surface area (Å²) in [6.07, 6.45) is 5.04. The van der Waals surface area contributed by atoms with Crippen LogP contribution in [0.2, 0.25) is 0 Å². The van der Waals surface area contributed by atoms with Gasteiger partial charge in [0.1, 0.15) is 11.7 Å². The van der Waals surface area contributed by atoms with Crippen LogP contribution in [-0.4, -0.2) is 11.7 Å². The van der Waals surface area contributed by atoms with Crippen LogP contribution in [0.15, 0.2) is 0 Å². The second-order valence-electron chi connectivity index (χ2n) is 3.88. The van der Waals surface area contributed by atoms with Gasteiger partial charge in [-0.3, -0.25) is 0 Å². The van der Waals surface area contributed by atoms with Crippen molar-refractivity contribution in [3.8, 4) is 11.8 Å². The molecule has 1 heterocycles. The molecule has 68 valence electrons. The van der Waals surface area contributed by atoms with Crippen LogP contribution in [0.4, 0.5) is 0 Å². The van der Waals surface area contributed by atoms with Crippen LogP contribution in [0.5, 0.6) is 0 Å². The lowest BCUT2D eigenvalue weighted by Gasteiger charge is -1.88. The van der Waals surface area contributed by atoms with E-state index in [0.717, 1.165) is 6.42 Å². The molecular weight excluding hydrogens is 148 g/mol. The highest BCUT2D eigenvalue weighted by Crippen LogP contribution is 2.34. The molecule has 1 saturated heterocycles. The maximum Gasteiger partial charge on any atom is 0.147 e. The summed E-state index contributed by atoms with van der Waals surface area (Å²) < 4.78 is 5.34. The molecule has 0 saturated carbocycles. The fraction of sp³-hybridized carbons (Fsp3) is 0.818. The first-order chi connectivity index (χ1) is 5.67. The van der Waals surface area contributed by atoms with E-state index in [9.17, 15) is 0 Å². The van der Waals surface area contributed by atoms with Gasteiger partial charge in [-0.05, 0) is 20.3 Å². The molecule has 0 bridgehead atoms. The molecule has 0 aliphatic carbocycles. The molecule has 1 nitrogen and oxygen atoms in total. The van der Waals surface area contributed by atoms with E-state index in [-0.39, 0.29) is 11.7 Å². The Morgan fingerprint density at radius 3 is 2.50 bits per heavy atom. The molecule has 0 radical (unpaired) electrons. The van der Waals surface area contributed by atoms with Gasteiger partial charge >= 0.3 is 0 Å². The van der Waals surface area contributed by atoms with Crippen LogP contribution in [0, 0.1) is 11.8 Å². The van der Waals surface area contributed by atoms with Gasteiger partial charge in [0.25, 0.3) is 0 Å². The molecule has 1 heteroatoms. The summed E-state index contributed by atoms with van der Waals surface area (Å²) in [7, 11) is 0. The minimum Gasteiger partial charge on any atom is -0.353 e. The number of ether oxygens (including phenoxy) is 1. The number of rotatable bonds is 3. The maximum absolute atomic E-state index is 5.34. The quantitative estimate of drug-likeness (QED) is 0.357. The third-order valence-electron chi connectivity index (χ3n) is 2.13. The molecule has 0 unspecified atom stereocenters. The molecular formula is C11H18O. The molecule has 0 aromatic heterocycles. The Balaban J connectivity index is 2.06. The molecule has 1 fully saturated rings. The Hall–Kier alpha value is -0.480. The van der Waals surface area contributed by atoms with Crippen molar-refractivity contribution in [1.82, 2.24) is 0 Å². The Morgan fingerprint density at radius 1 is 1.33 bits per heavy atom. The van der Waals surface area contributed by atoms with E-state index in [1.165, 1.54) is 19.3 Å². The fourth-order valence-corrected chi connectivity index (χ4v) is 1.10. The smallest absolute Gasteiger partial charge is 0.147 e. The number of hydrogen-bond acceptors (Lipinski definition) is 1. The second kappa shape index (κ2) is 3.96. The zero-order chi connectivity index (χ0) is 9.03. The standard InChI is InChI=1S/C11H18O/c1-4-5-6-7-8-9-10-11(2,3)12-10/h10H,4-7H2,1-3H3/t10-/m0/s1. The van der Waals surface area contributed by atoms with Gasteiger partial charge in [-0.1, -0.05) is 25.7 Å². The third-order valence-corrected chi connectivity index (χ3v) is 2.13. The van der Waals surface area contributed by atoms with E-state index < -0.39 is 0 Å². The van der Waals surface area contributed by atoms with Gasteiger partial charge in [-0.2, -0.15) is 0 Å². The highest BCUT2D eigenvalue weighted by atomic mass is 16.6. The highest BCUT2D eigenvalue weighted by Gasteiger charge is 2.46. The predicted octanol–water partition coefficient (Wildman–Crippen LogP) is 2.75. The molecule has 0 spiro atoms. The Morgan fingerprint density at radius 2 is 2.00 bits per heavy atom. The highest BCUT2D eigenvalue weighted by molar-refractivity contribution is 5.18. The van der Waals surface area contributed by atoms with Crippen molar-refractivity contribution in [3.63, 3.8) is 0 Å². The maximum atomic E-state index is 5.34. The van der Waals surface area contributed by atoms with Crippen LogP contribution in [0.3, 0.4) is 0 Å². The molecule has 0 amide bonds. The van der Waals surface area contributed by atoms with E-state index >= 15 is 0 Å². The Kier molecular flexibility index (Phi) is 3.17. The van der Waals surface area contributed by atoms with Gasteiger partial charge in [0.05, 0.1) is 0 Å². The predicted molar refractivity (Wildman–Crippen MR) is 50.9 cm³/mol. The van der Waals surface area contributed by atoms with Crippen molar-refractivity contribution in [1.29, 1.82) is 0 Å². The lowest BCUT2D eigenvalue weighted by Crippen LogP contribution is -1.99. The summed E-state index contributed by atoms with van der Waals surface area (Å²) in [5.74, 6) is 6.30. The van der Waals surface area contributed by atoms with Crippen LogP contribution in [0.1, 0.15) is 46.5 Å². The number of epoxide rings is 1. The van der Waals surface area contributed by atoms with E-state index in [1.54, 1.807) is 0 Å². The summed E-state index contributed by atoms with van der Waals surface area (Å²) in [6.45, 7) is 6.37. The topological polar surface area (TPSA) is 12.5 Å². The van der Waals surface area contributed by atoms with Gasteiger partial charge in [0, 0.05) is 6.42 Å². The minimum absolute atomic E-state index is 0.0394. The largest absolute Gasteiger partial charge is 0.353 e. The van der Waals surface area contributed by atoms with Crippen molar-refractivity contribution in [2.45, 2.75) is 58.2 Å². The molecule has 1 aliphatic heterocycles. The molecule has 0 N–H and O–H groups in total. The van der Waals surface area contributed by atoms with Crippen LogP contribution >= 0.6 is 0 Å². The Labute approximate surface area is 75.5 Å². The van der Waals surface area contributed by atoms with E-state index in [0.29, 0.717) is 0 Å². The molecule has 0 aromatic carbocycles. The number of unbranched alkanes of at least 4 members (excludes halogenated alkanes) is 3. The Bertz CT molecular complexity index is 195. The van der Waals surface area contributed by atoms with Crippen molar-refractivity contribution >= 4 is 0 Å². The zero-order valence-corrected chi connectivity index (χ0v) is 8.31. The average Bonchev–Trinajstić information content (AvgIpc) is 2.59. The third kappa shape index (κ3) is 2.87. The molecule has 0 aromatic rings. The number of hydrogen-bond donors (Lipinski definition) is 0. The van der Waals surface area contributed by atoms with Gasteiger partial charge in [-0.25, -0.2) is 0 Å². The minimum atomic E-state index is 0.0394. The normalized spacial score (nSPS) is 24.4. The van der Waals surface area contributed by atoms with Gasteiger partial charge in [0.15, 0.2) is 0 Å². The van der Waals surface area contributed by atoms with Gasteiger partial charge in [-0.15, -0.1) is 5.92 Å². The van der Waals surface area contributed by atoms with Crippen molar-refractivity contribution in [2.75, 3.05) is 0 Å². The average molecular weight is 166 g/mol. The second-order valence-corrected chi connectivity index (χ2v) is 3.88. The molecule has 12 heavy (non-hydrogen) atoms. The van der Waals surface area contributed by atoms with E-state index in [1.807, 2.05) is 0 Å². The van der Waals surface area contributed by atoms with E-state index in [4.69, 9.17) is 4.74 Å². The van der Waals surface area contributed by atoms with E-state index in [2.05, 4.69) is 32.6 Å². The summed E-state index contributed by atoms with van der Waals surface area (Å²) in [5.41, 5.74) is 0.0394. The van der Waals surface area contributed by atoms with Gasteiger partial charge < -0.3 is 4.74 Å². The van der Waals surface area contributed by atoms with Crippen molar-refractivity contribution < 1.29 is 4.74 Å². The zero-order valence-electron chi connectivity index (χ0n) is 8.31. The molecule has 1 aliphatic rings. The van der Waals surface area contributed by atoms with Crippen LogP contribution in [-0.2, 0) is 4.74 Å². The monoisotopic (exact) mass is 166 g/mol. The van der Waals surface area contributed by atoms with Crippen molar-refractivity contribution in [2.24, 2.45) is 0 Å². The van der Waals surface area contributed by atoms with Gasteiger partial charge in [0.2, 0.25) is 0 Å². The first-order valence-electron chi connectivity index (χ1n) is 4.83. The van der Waals surface area contributed by atoms with Crippen LogP contribution in [0.25, 0.3) is 0 Å². The summed E-state index contributed by atoms with van der Waals surface area (Å²) >= 11 is 0. The fourth-order valence-electron chi connectivity index (χ4n) is 1.10. The first-order valence-corrected chi connectivity index (χ1v) is 4.83. The SMILES string of the molecule is CCCCCC#C[C@@H]1OC1(C)C. The van der Waals surface area contributed by atoms with Crippen LogP contribution < -0.4 is 0 Å². The first kappa shape index (κ1) is 9.61.